The maximum atomic E-state index is 12.2. The van der Waals surface area contributed by atoms with Crippen LogP contribution in [0.5, 0.6) is 0 Å². The number of rotatable bonds is 2. The summed E-state index contributed by atoms with van der Waals surface area (Å²) in [5.74, 6) is 0.895. The summed E-state index contributed by atoms with van der Waals surface area (Å²) in [4.78, 5) is 16.4. The summed E-state index contributed by atoms with van der Waals surface area (Å²) < 4.78 is 0.866. The molecule has 0 spiro atoms. The van der Waals surface area contributed by atoms with Crippen LogP contribution in [0.15, 0.2) is 39.8 Å². The van der Waals surface area contributed by atoms with Crippen LogP contribution in [0.2, 0.25) is 5.02 Å². The summed E-state index contributed by atoms with van der Waals surface area (Å²) in [7, 11) is 0. The third kappa shape index (κ3) is 2.90. The van der Waals surface area contributed by atoms with Crippen LogP contribution in [-0.2, 0) is 0 Å². The number of nitrogens with one attached hydrogen (secondary N) is 2. The van der Waals surface area contributed by atoms with Crippen molar-refractivity contribution in [3.8, 4) is 0 Å². The van der Waals surface area contributed by atoms with Gasteiger partial charge in [0.15, 0.2) is 0 Å². The van der Waals surface area contributed by atoms with E-state index in [2.05, 4.69) is 26.2 Å². The number of amides is 1. The van der Waals surface area contributed by atoms with Crippen molar-refractivity contribution in [2.75, 3.05) is 5.75 Å². The molecule has 2 aromatic rings. The zero-order valence-corrected chi connectivity index (χ0v) is 13.6. The molecule has 1 aliphatic rings. The molecule has 2 heterocycles. The van der Waals surface area contributed by atoms with Crippen molar-refractivity contribution in [3.63, 3.8) is 0 Å². The Hall–Kier alpha value is -0.910. The predicted octanol–water partition coefficient (Wildman–Crippen LogP) is 4.40. The first-order chi connectivity index (χ1) is 9.63. The normalized spacial score (nSPS) is 17.6. The second-order valence-corrected chi connectivity index (χ2v) is 7.07. The van der Waals surface area contributed by atoms with Crippen LogP contribution in [0.3, 0.4) is 0 Å². The molecule has 1 amide bonds. The standard InChI is InChI=1S/C14H12BrClN2OS/c15-8-5-12(17-7-8)14(19)18-11-3-4-20-13-2-1-9(16)6-10(11)13/h1-2,5-7,11,17H,3-4H2,(H,18,19)/t11-/m1/s1. The van der Waals surface area contributed by atoms with Crippen molar-refractivity contribution >= 4 is 45.2 Å². The Labute approximate surface area is 134 Å². The lowest BCUT2D eigenvalue weighted by Crippen LogP contribution is -2.30. The van der Waals surface area contributed by atoms with Gasteiger partial charge in [-0.2, -0.15) is 0 Å². The van der Waals surface area contributed by atoms with E-state index in [1.54, 1.807) is 24.0 Å². The van der Waals surface area contributed by atoms with Crippen molar-refractivity contribution in [2.45, 2.75) is 17.4 Å². The van der Waals surface area contributed by atoms with E-state index in [-0.39, 0.29) is 11.9 Å². The molecule has 0 radical (unpaired) electrons. The number of hydrogen-bond donors (Lipinski definition) is 2. The van der Waals surface area contributed by atoms with Gasteiger partial charge in [0.25, 0.3) is 5.91 Å². The van der Waals surface area contributed by atoms with Crippen molar-refractivity contribution in [1.29, 1.82) is 0 Å². The quantitative estimate of drug-likeness (QED) is 0.822. The number of carbonyl (C=O) groups excluding carboxylic acids is 1. The lowest BCUT2D eigenvalue weighted by atomic mass is 10.0. The Bertz CT molecular complexity index is 658. The lowest BCUT2D eigenvalue weighted by molar-refractivity contribution is 0.0930. The number of halogens is 2. The highest BCUT2D eigenvalue weighted by Crippen LogP contribution is 2.37. The molecule has 0 saturated carbocycles. The molecular weight excluding hydrogens is 360 g/mol. The molecule has 1 atom stereocenters. The van der Waals surface area contributed by atoms with E-state index in [9.17, 15) is 4.79 Å². The van der Waals surface area contributed by atoms with Gasteiger partial charge in [0, 0.05) is 26.3 Å². The Morgan fingerprint density at radius 2 is 2.30 bits per heavy atom. The number of H-pyrrole nitrogens is 1. The second kappa shape index (κ2) is 5.84. The molecule has 0 saturated heterocycles. The molecule has 1 aliphatic heterocycles. The van der Waals surface area contributed by atoms with Gasteiger partial charge in [0.1, 0.15) is 5.69 Å². The highest BCUT2D eigenvalue weighted by molar-refractivity contribution is 9.10. The van der Waals surface area contributed by atoms with E-state index >= 15 is 0 Å². The molecule has 1 aromatic carbocycles. The first kappa shape index (κ1) is 14.0. The monoisotopic (exact) mass is 370 g/mol. The Morgan fingerprint density at radius 3 is 3.05 bits per heavy atom. The summed E-state index contributed by atoms with van der Waals surface area (Å²) in [5, 5.41) is 3.77. The molecule has 6 heteroatoms. The van der Waals surface area contributed by atoms with Crippen molar-refractivity contribution in [2.24, 2.45) is 0 Å². The largest absolute Gasteiger partial charge is 0.356 e. The zero-order valence-electron chi connectivity index (χ0n) is 10.5. The fraction of sp³-hybridized carbons (Fsp3) is 0.214. The van der Waals surface area contributed by atoms with Crippen LogP contribution in [0.25, 0.3) is 0 Å². The fourth-order valence-corrected chi connectivity index (χ4v) is 3.88. The molecule has 0 aliphatic carbocycles. The van der Waals surface area contributed by atoms with E-state index in [0.29, 0.717) is 10.7 Å². The minimum Gasteiger partial charge on any atom is -0.356 e. The smallest absolute Gasteiger partial charge is 0.268 e. The summed E-state index contributed by atoms with van der Waals surface area (Å²) >= 11 is 11.2. The SMILES string of the molecule is O=C(N[C@@H]1CCSc2ccc(Cl)cc21)c1cc(Br)c[nH]1. The van der Waals surface area contributed by atoms with Crippen LogP contribution in [0.1, 0.15) is 28.5 Å². The molecule has 0 bridgehead atoms. The van der Waals surface area contributed by atoms with Crippen molar-refractivity contribution in [1.82, 2.24) is 10.3 Å². The van der Waals surface area contributed by atoms with Gasteiger partial charge in [-0.3, -0.25) is 4.79 Å². The van der Waals surface area contributed by atoms with Crippen molar-refractivity contribution < 1.29 is 4.79 Å². The molecule has 2 N–H and O–H groups in total. The molecular formula is C14H12BrClN2OS. The van der Waals surface area contributed by atoms with Gasteiger partial charge in [0.2, 0.25) is 0 Å². The topological polar surface area (TPSA) is 44.9 Å². The second-order valence-electron chi connectivity index (χ2n) is 4.58. The van der Waals surface area contributed by atoms with Crippen LogP contribution in [0, 0.1) is 0 Å². The van der Waals surface area contributed by atoms with E-state index in [0.717, 1.165) is 22.2 Å². The van der Waals surface area contributed by atoms with Gasteiger partial charge in [-0.1, -0.05) is 11.6 Å². The zero-order chi connectivity index (χ0) is 14.1. The average molecular weight is 372 g/mol. The number of aromatic nitrogens is 1. The van der Waals surface area contributed by atoms with Crippen LogP contribution in [0.4, 0.5) is 0 Å². The average Bonchev–Trinajstić information content (AvgIpc) is 2.86. The minimum atomic E-state index is -0.0986. The van der Waals surface area contributed by atoms with Crippen LogP contribution < -0.4 is 5.32 Å². The summed E-state index contributed by atoms with van der Waals surface area (Å²) in [6.45, 7) is 0. The Morgan fingerprint density at radius 1 is 1.45 bits per heavy atom. The highest BCUT2D eigenvalue weighted by atomic mass is 79.9. The van der Waals surface area contributed by atoms with Gasteiger partial charge in [-0.05, 0) is 52.2 Å². The third-order valence-corrected chi connectivity index (χ3v) is 5.02. The molecule has 1 aromatic heterocycles. The minimum absolute atomic E-state index is 0.0134. The third-order valence-electron chi connectivity index (χ3n) is 3.21. The number of fused-ring (bicyclic) bond motifs is 1. The highest BCUT2D eigenvalue weighted by Gasteiger charge is 2.23. The maximum Gasteiger partial charge on any atom is 0.268 e. The molecule has 3 rings (SSSR count). The molecule has 0 unspecified atom stereocenters. The van der Waals surface area contributed by atoms with Gasteiger partial charge >= 0.3 is 0 Å². The number of hydrogen-bond acceptors (Lipinski definition) is 2. The van der Waals surface area contributed by atoms with Gasteiger partial charge in [-0.25, -0.2) is 0 Å². The Balaban J connectivity index is 1.82. The van der Waals surface area contributed by atoms with Gasteiger partial charge < -0.3 is 10.3 Å². The number of carbonyl (C=O) groups is 1. The summed E-state index contributed by atoms with van der Waals surface area (Å²) in [5.41, 5.74) is 1.66. The fourth-order valence-electron chi connectivity index (χ4n) is 2.25. The Kier molecular flexibility index (Phi) is 4.10. The number of thioether (sulfide) groups is 1. The van der Waals surface area contributed by atoms with E-state index in [1.807, 2.05) is 18.2 Å². The van der Waals surface area contributed by atoms with Crippen LogP contribution >= 0.6 is 39.3 Å². The molecule has 0 fully saturated rings. The molecule has 20 heavy (non-hydrogen) atoms. The van der Waals surface area contributed by atoms with E-state index in [4.69, 9.17) is 11.6 Å². The number of benzene rings is 1. The first-order valence-corrected chi connectivity index (χ1v) is 8.36. The van der Waals surface area contributed by atoms with Crippen LogP contribution in [-0.4, -0.2) is 16.6 Å². The van der Waals surface area contributed by atoms with E-state index < -0.39 is 0 Å². The lowest BCUT2D eigenvalue weighted by Gasteiger charge is -2.26. The van der Waals surface area contributed by atoms with Gasteiger partial charge in [-0.15, -0.1) is 11.8 Å². The predicted molar refractivity (Wildman–Crippen MR) is 85.5 cm³/mol. The summed E-state index contributed by atoms with van der Waals surface area (Å²) in [6, 6.07) is 7.63. The summed E-state index contributed by atoms with van der Waals surface area (Å²) in [6.07, 6.45) is 2.65. The van der Waals surface area contributed by atoms with Gasteiger partial charge in [0.05, 0.1) is 6.04 Å². The molecule has 104 valence electrons. The maximum absolute atomic E-state index is 12.2. The van der Waals surface area contributed by atoms with Crippen molar-refractivity contribution in [3.05, 3.63) is 51.2 Å². The van der Waals surface area contributed by atoms with E-state index in [1.165, 1.54) is 4.90 Å². The number of aromatic amines is 1. The first-order valence-electron chi connectivity index (χ1n) is 6.20. The molecule has 3 nitrogen and oxygen atoms in total.